The van der Waals surface area contributed by atoms with Crippen molar-refractivity contribution in [3.63, 3.8) is 0 Å². The van der Waals surface area contributed by atoms with E-state index in [2.05, 4.69) is 11.8 Å². The van der Waals surface area contributed by atoms with Crippen molar-refractivity contribution in [1.82, 2.24) is 4.90 Å². The zero-order valence-corrected chi connectivity index (χ0v) is 17.8. The van der Waals surface area contributed by atoms with Gasteiger partial charge >= 0.3 is 6.18 Å². The molecule has 1 unspecified atom stereocenters. The second-order valence-corrected chi connectivity index (χ2v) is 8.25. The van der Waals surface area contributed by atoms with E-state index in [-0.39, 0.29) is 6.10 Å². The summed E-state index contributed by atoms with van der Waals surface area (Å²) in [7, 11) is 0. The number of benzene rings is 1. The Morgan fingerprint density at radius 1 is 0.931 bits per heavy atom. The highest BCUT2D eigenvalue weighted by Crippen LogP contribution is 2.31. The Morgan fingerprint density at radius 3 is 2.17 bits per heavy atom. The van der Waals surface area contributed by atoms with E-state index in [1.54, 1.807) is 6.07 Å². The van der Waals surface area contributed by atoms with Gasteiger partial charge in [0.15, 0.2) is 0 Å². The number of aliphatic hydroxyl groups excluding tert-OH is 1. The minimum atomic E-state index is -4.31. The number of piperazine rings is 1. The third kappa shape index (κ3) is 8.95. The number of alkyl halides is 3. The van der Waals surface area contributed by atoms with Crippen molar-refractivity contribution in [3.8, 4) is 0 Å². The first-order valence-electron chi connectivity index (χ1n) is 11.2. The van der Waals surface area contributed by atoms with Crippen molar-refractivity contribution in [2.24, 2.45) is 0 Å². The lowest BCUT2D eigenvalue weighted by atomic mass is 10.1. The molecule has 1 aliphatic rings. The molecule has 1 atom stereocenters. The predicted octanol–water partition coefficient (Wildman–Crippen LogP) is 5.72. The van der Waals surface area contributed by atoms with Gasteiger partial charge in [0.2, 0.25) is 0 Å². The van der Waals surface area contributed by atoms with Crippen LogP contribution < -0.4 is 4.90 Å². The smallest absolute Gasteiger partial charge is 0.392 e. The zero-order valence-electron chi connectivity index (χ0n) is 17.8. The van der Waals surface area contributed by atoms with Crippen molar-refractivity contribution in [3.05, 3.63) is 29.8 Å². The van der Waals surface area contributed by atoms with Crippen molar-refractivity contribution in [2.75, 3.05) is 37.6 Å². The molecule has 3 nitrogen and oxygen atoms in total. The number of nitrogens with zero attached hydrogens (tertiary/aromatic N) is 2. The van der Waals surface area contributed by atoms with Crippen LogP contribution in [0.5, 0.6) is 0 Å². The summed E-state index contributed by atoms with van der Waals surface area (Å²) in [5, 5.41) is 10.3. The minimum absolute atomic E-state index is 0.310. The normalized spacial score (nSPS) is 16.9. The lowest BCUT2D eigenvalue weighted by molar-refractivity contribution is -0.137. The summed E-state index contributed by atoms with van der Waals surface area (Å²) in [5.41, 5.74) is 0.0252. The summed E-state index contributed by atoms with van der Waals surface area (Å²) in [6, 6.07) is 5.55. The molecule has 0 aromatic heterocycles. The predicted molar refractivity (Wildman–Crippen MR) is 113 cm³/mol. The second kappa shape index (κ2) is 12.4. The molecule has 0 aliphatic carbocycles. The van der Waals surface area contributed by atoms with Crippen LogP contribution in [0.3, 0.4) is 0 Å². The summed E-state index contributed by atoms with van der Waals surface area (Å²) in [4.78, 5) is 4.22. The fourth-order valence-corrected chi connectivity index (χ4v) is 3.97. The number of hydrogen-bond donors (Lipinski definition) is 1. The van der Waals surface area contributed by atoms with Gasteiger partial charge in [0.25, 0.3) is 0 Å². The number of anilines is 1. The third-order valence-electron chi connectivity index (χ3n) is 5.77. The highest BCUT2D eigenvalue weighted by molar-refractivity contribution is 5.49. The molecular formula is C23H37F3N2O. The summed E-state index contributed by atoms with van der Waals surface area (Å²) in [6.45, 7) is 5.80. The molecule has 0 spiro atoms. The van der Waals surface area contributed by atoms with Crippen LogP contribution in [0.15, 0.2) is 24.3 Å². The van der Waals surface area contributed by atoms with Gasteiger partial charge in [-0.25, -0.2) is 0 Å². The number of unbranched alkanes of at least 4 members (excludes halogenated alkanes) is 7. The van der Waals surface area contributed by atoms with Gasteiger partial charge in [-0.3, -0.25) is 4.90 Å². The Hall–Kier alpha value is -1.27. The standard InChI is InChI=1S/C23H37F3N2O/c1-2-3-4-5-6-7-8-9-13-22(29)19-27-14-16-28(17-15-27)21-12-10-11-20(18-21)23(24,25)26/h10-12,18,22,29H,2-9,13-17,19H2,1H3. The summed E-state index contributed by atoms with van der Waals surface area (Å²) >= 11 is 0. The van der Waals surface area contributed by atoms with Crippen LogP contribution >= 0.6 is 0 Å². The lowest BCUT2D eigenvalue weighted by Crippen LogP contribution is -2.48. The van der Waals surface area contributed by atoms with E-state index >= 15 is 0 Å². The molecule has 29 heavy (non-hydrogen) atoms. The second-order valence-electron chi connectivity index (χ2n) is 8.25. The monoisotopic (exact) mass is 414 g/mol. The largest absolute Gasteiger partial charge is 0.416 e. The number of β-amino-alcohol motifs (C(OH)–C–C–N with tert-alkyl or cyclic N) is 1. The van der Waals surface area contributed by atoms with Crippen LogP contribution in [0.25, 0.3) is 0 Å². The van der Waals surface area contributed by atoms with Crippen molar-refractivity contribution < 1.29 is 18.3 Å². The molecule has 1 aromatic rings. The maximum Gasteiger partial charge on any atom is 0.416 e. The highest BCUT2D eigenvalue weighted by atomic mass is 19.4. The van der Waals surface area contributed by atoms with Crippen molar-refractivity contribution in [2.45, 2.75) is 77.0 Å². The van der Waals surface area contributed by atoms with Crippen LogP contribution in [-0.2, 0) is 6.18 Å². The topological polar surface area (TPSA) is 26.7 Å². The van der Waals surface area contributed by atoms with Crippen molar-refractivity contribution >= 4 is 5.69 Å². The fraction of sp³-hybridized carbons (Fsp3) is 0.739. The molecule has 6 heteroatoms. The van der Waals surface area contributed by atoms with Crippen LogP contribution in [0.1, 0.15) is 70.3 Å². The van der Waals surface area contributed by atoms with Gasteiger partial charge < -0.3 is 10.0 Å². The average molecular weight is 415 g/mol. The van der Waals surface area contributed by atoms with Crippen LogP contribution in [0, 0.1) is 0 Å². The molecule has 1 saturated heterocycles. The maximum absolute atomic E-state index is 12.9. The quantitative estimate of drug-likeness (QED) is 0.443. The van der Waals surface area contributed by atoms with E-state index in [9.17, 15) is 18.3 Å². The molecule has 1 aliphatic heterocycles. The molecule has 0 saturated carbocycles. The minimum Gasteiger partial charge on any atom is -0.392 e. The third-order valence-corrected chi connectivity index (χ3v) is 5.77. The molecule has 0 radical (unpaired) electrons. The van der Waals surface area contributed by atoms with E-state index in [1.807, 2.05) is 4.90 Å². The van der Waals surface area contributed by atoms with Gasteiger partial charge in [-0.2, -0.15) is 13.2 Å². The fourth-order valence-electron chi connectivity index (χ4n) is 3.97. The van der Waals surface area contributed by atoms with Gasteiger partial charge in [-0.1, -0.05) is 64.4 Å². The molecule has 1 heterocycles. The first kappa shape index (κ1) is 24.0. The molecule has 166 valence electrons. The Kier molecular flexibility index (Phi) is 10.3. The van der Waals surface area contributed by atoms with Crippen LogP contribution in [0.4, 0.5) is 18.9 Å². The summed E-state index contributed by atoms with van der Waals surface area (Å²) in [5.74, 6) is 0. The molecule has 1 fully saturated rings. The SMILES string of the molecule is CCCCCCCCCCC(O)CN1CCN(c2cccc(C(F)(F)F)c2)CC1. The molecular weight excluding hydrogens is 377 g/mol. The van der Waals surface area contributed by atoms with Gasteiger partial charge in [0.05, 0.1) is 11.7 Å². The highest BCUT2D eigenvalue weighted by Gasteiger charge is 2.31. The van der Waals surface area contributed by atoms with Gasteiger partial charge in [0.1, 0.15) is 0 Å². The van der Waals surface area contributed by atoms with Crippen LogP contribution in [0.2, 0.25) is 0 Å². The van der Waals surface area contributed by atoms with E-state index in [0.29, 0.717) is 25.3 Å². The molecule has 0 amide bonds. The zero-order chi connectivity index (χ0) is 21.1. The summed E-state index contributed by atoms with van der Waals surface area (Å²) < 4.78 is 38.7. The maximum atomic E-state index is 12.9. The van der Waals surface area contributed by atoms with Gasteiger partial charge in [0, 0.05) is 38.4 Å². The number of aliphatic hydroxyl groups is 1. The molecule has 1 aromatic carbocycles. The molecule has 0 bridgehead atoms. The van der Waals surface area contributed by atoms with E-state index in [1.165, 1.54) is 57.1 Å². The first-order valence-corrected chi connectivity index (χ1v) is 11.2. The van der Waals surface area contributed by atoms with E-state index in [4.69, 9.17) is 0 Å². The lowest BCUT2D eigenvalue weighted by Gasteiger charge is -2.37. The Morgan fingerprint density at radius 2 is 1.55 bits per heavy atom. The Bertz CT molecular complexity index is 571. The van der Waals surface area contributed by atoms with Crippen LogP contribution in [-0.4, -0.2) is 48.8 Å². The van der Waals surface area contributed by atoms with Gasteiger partial charge in [-0.05, 0) is 24.6 Å². The van der Waals surface area contributed by atoms with Gasteiger partial charge in [-0.15, -0.1) is 0 Å². The van der Waals surface area contributed by atoms with E-state index < -0.39 is 11.7 Å². The number of halogens is 3. The molecule has 1 N–H and O–H groups in total. The first-order chi connectivity index (χ1) is 13.9. The Balaban J connectivity index is 1.62. The average Bonchev–Trinajstić information content (AvgIpc) is 2.70. The summed E-state index contributed by atoms with van der Waals surface area (Å²) in [6.07, 6.45) is 6.30. The Labute approximate surface area is 173 Å². The number of rotatable bonds is 12. The number of hydrogen-bond acceptors (Lipinski definition) is 3. The van der Waals surface area contributed by atoms with E-state index in [0.717, 1.165) is 32.0 Å². The van der Waals surface area contributed by atoms with Crippen molar-refractivity contribution in [1.29, 1.82) is 0 Å². The molecule has 2 rings (SSSR count).